The first-order valence-corrected chi connectivity index (χ1v) is 12.3. The highest BCUT2D eigenvalue weighted by atomic mass is 16.6. The molecule has 0 aliphatic carbocycles. The zero-order chi connectivity index (χ0) is 30.2. The fraction of sp³-hybridized carbons (Fsp3) is 0.0667. The summed E-state index contributed by atoms with van der Waals surface area (Å²) in [6.07, 6.45) is 2.45. The molecule has 0 heterocycles. The zero-order valence-corrected chi connectivity index (χ0v) is 22.3. The van der Waals surface area contributed by atoms with Crippen LogP contribution in [0.2, 0.25) is 0 Å². The zero-order valence-electron chi connectivity index (χ0n) is 22.3. The molecule has 0 aromatic heterocycles. The molecular weight excluding hydrogens is 544 g/mol. The van der Waals surface area contributed by atoms with Crippen molar-refractivity contribution < 1.29 is 28.9 Å². The molecule has 4 rings (SSSR count). The quantitative estimate of drug-likeness (QED) is 0.0781. The molecule has 0 saturated heterocycles. The molecule has 0 spiro atoms. The number of carbonyl (C=O) groups is 2. The Hall–Kier alpha value is -6.04. The normalized spacial score (nSPS) is 11.0. The van der Waals surface area contributed by atoms with Gasteiger partial charge in [0, 0.05) is 23.3 Å². The summed E-state index contributed by atoms with van der Waals surface area (Å²) in [5, 5.41) is 30.9. The Morgan fingerprint density at radius 2 is 1.05 bits per heavy atom. The molecule has 12 nitrogen and oxygen atoms in total. The Morgan fingerprint density at radius 3 is 1.40 bits per heavy atom. The van der Waals surface area contributed by atoms with E-state index >= 15 is 0 Å². The van der Waals surface area contributed by atoms with Gasteiger partial charge in [-0.15, -0.1) is 0 Å². The van der Waals surface area contributed by atoms with Crippen LogP contribution in [-0.4, -0.2) is 34.2 Å². The number of nitro benzene ring substituents is 2. The van der Waals surface area contributed by atoms with E-state index in [1.165, 1.54) is 48.8 Å². The van der Waals surface area contributed by atoms with Crippen LogP contribution in [0.15, 0.2) is 95.1 Å². The van der Waals surface area contributed by atoms with E-state index in [4.69, 9.17) is 9.47 Å². The number of esters is 2. The van der Waals surface area contributed by atoms with Gasteiger partial charge in [-0.3, -0.25) is 20.2 Å². The van der Waals surface area contributed by atoms with Crippen molar-refractivity contribution >= 4 is 35.7 Å². The van der Waals surface area contributed by atoms with Crippen LogP contribution < -0.4 is 9.47 Å². The smallest absolute Gasteiger partial charge is 0.343 e. The first-order valence-electron chi connectivity index (χ1n) is 12.3. The van der Waals surface area contributed by atoms with E-state index in [0.29, 0.717) is 11.1 Å². The fourth-order valence-electron chi connectivity index (χ4n) is 3.75. The first-order chi connectivity index (χ1) is 20.1. The number of hydrogen-bond acceptors (Lipinski definition) is 10. The molecular formula is C30H22N4O8. The van der Waals surface area contributed by atoms with Crippen molar-refractivity contribution in [2.24, 2.45) is 10.2 Å². The molecule has 0 amide bonds. The van der Waals surface area contributed by atoms with Gasteiger partial charge in [0.1, 0.15) is 0 Å². The maximum atomic E-state index is 12.4. The monoisotopic (exact) mass is 566 g/mol. The molecule has 0 unspecified atom stereocenters. The Labute approximate surface area is 238 Å². The van der Waals surface area contributed by atoms with Crippen molar-refractivity contribution in [3.8, 4) is 11.5 Å². The maximum Gasteiger partial charge on any atom is 0.343 e. The van der Waals surface area contributed by atoms with Gasteiger partial charge in [-0.05, 0) is 62.4 Å². The third-order valence-corrected chi connectivity index (χ3v) is 5.75. The molecule has 42 heavy (non-hydrogen) atoms. The highest BCUT2D eigenvalue weighted by Crippen LogP contribution is 2.29. The van der Waals surface area contributed by atoms with Crippen LogP contribution in [0.3, 0.4) is 0 Å². The number of aryl methyl sites for hydroxylation is 2. The van der Waals surface area contributed by atoms with Crippen molar-refractivity contribution in [2.75, 3.05) is 0 Å². The van der Waals surface area contributed by atoms with E-state index in [9.17, 15) is 29.8 Å². The van der Waals surface area contributed by atoms with Crippen molar-refractivity contribution in [3.05, 3.63) is 139 Å². The Morgan fingerprint density at radius 1 is 0.643 bits per heavy atom. The highest BCUT2D eigenvalue weighted by Gasteiger charge is 2.21. The Balaban J connectivity index is 1.47. The molecule has 0 radical (unpaired) electrons. The lowest BCUT2D eigenvalue weighted by Gasteiger charge is -2.06. The van der Waals surface area contributed by atoms with Crippen LogP contribution in [0.25, 0.3) is 0 Å². The maximum absolute atomic E-state index is 12.4. The van der Waals surface area contributed by atoms with Crippen molar-refractivity contribution in [1.29, 1.82) is 0 Å². The van der Waals surface area contributed by atoms with Crippen LogP contribution in [-0.2, 0) is 0 Å². The Bertz CT molecular complexity index is 1640. The van der Waals surface area contributed by atoms with Gasteiger partial charge < -0.3 is 9.47 Å². The minimum absolute atomic E-state index is 0.234. The van der Waals surface area contributed by atoms with E-state index in [0.717, 1.165) is 11.1 Å². The number of nitrogens with zero attached hydrogens (tertiary/aromatic N) is 4. The molecule has 12 heteroatoms. The summed E-state index contributed by atoms with van der Waals surface area (Å²) in [5.74, 6) is -1.94. The highest BCUT2D eigenvalue weighted by molar-refractivity contribution is 5.93. The summed E-state index contributed by atoms with van der Waals surface area (Å²) < 4.78 is 10.5. The van der Waals surface area contributed by atoms with Gasteiger partial charge in [-0.2, -0.15) is 10.2 Å². The third kappa shape index (κ3) is 7.33. The standard InChI is InChI=1S/C30H22N4O8/c1-19-5-3-7-23(13-19)29(35)41-27-11-9-21(15-25(27)33(37)38)17-31-32-18-22-10-12-28(26(16-22)34(39)40)42-30(36)24-8-4-6-20(2)14-24/h3-18H,1-2H3. The minimum Gasteiger partial charge on any atom is -0.416 e. The number of carbonyl (C=O) groups excluding carboxylic acids is 2. The molecule has 0 bridgehead atoms. The van der Waals surface area contributed by atoms with E-state index in [2.05, 4.69) is 10.2 Å². The van der Waals surface area contributed by atoms with Crippen LogP contribution in [0.5, 0.6) is 11.5 Å². The Kier molecular flexibility index (Phi) is 8.88. The second-order valence-electron chi connectivity index (χ2n) is 8.98. The molecule has 0 aliphatic heterocycles. The molecule has 4 aromatic rings. The molecule has 0 N–H and O–H groups in total. The first kappa shape index (κ1) is 29.0. The summed E-state index contributed by atoms with van der Waals surface area (Å²) in [6.45, 7) is 3.60. The summed E-state index contributed by atoms with van der Waals surface area (Å²) in [6, 6.07) is 21.0. The second kappa shape index (κ2) is 12.9. The van der Waals surface area contributed by atoms with Gasteiger partial charge in [-0.1, -0.05) is 35.4 Å². The lowest BCUT2D eigenvalue weighted by molar-refractivity contribution is -0.385. The number of benzene rings is 4. The number of rotatable bonds is 9. The van der Waals surface area contributed by atoms with Gasteiger partial charge in [-0.25, -0.2) is 9.59 Å². The molecule has 0 atom stereocenters. The fourth-order valence-corrected chi connectivity index (χ4v) is 3.75. The lowest BCUT2D eigenvalue weighted by Crippen LogP contribution is -2.10. The topological polar surface area (TPSA) is 164 Å². The average Bonchev–Trinajstić information content (AvgIpc) is 2.96. The van der Waals surface area contributed by atoms with E-state index in [1.54, 1.807) is 62.4 Å². The van der Waals surface area contributed by atoms with E-state index < -0.39 is 33.2 Å². The van der Waals surface area contributed by atoms with Gasteiger partial charge in [0.25, 0.3) is 0 Å². The molecule has 0 fully saturated rings. The summed E-state index contributed by atoms with van der Waals surface area (Å²) in [7, 11) is 0. The van der Waals surface area contributed by atoms with Crippen molar-refractivity contribution in [2.45, 2.75) is 13.8 Å². The van der Waals surface area contributed by atoms with Gasteiger partial charge in [0.05, 0.1) is 33.4 Å². The number of hydrogen-bond donors (Lipinski definition) is 0. The second-order valence-corrected chi connectivity index (χ2v) is 8.98. The summed E-state index contributed by atoms with van der Waals surface area (Å²) in [5.41, 5.74) is 1.85. The molecule has 0 aliphatic rings. The predicted molar refractivity (Wildman–Crippen MR) is 154 cm³/mol. The molecule has 0 saturated carbocycles. The predicted octanol–water partition coefficient (Wildman–Crippen LogP) is 6.01. The largest absolute Gasteiger partial charge is 0.416 e. The van der Waals surface area contributed by atoms with Crippen molar-refractivity contribution in [1.82, 2.24) is 0 Å². The summed E-state index contributed by atoms with van der Waals surface area (Å²) >= 11 is 0. The lowest BCUT2D eigenvalue weighted by atomic mass is 10.1. The van der Waals surface area contributed by atoms with Gasteiger partial charge in [0.15, 0.2) is 0 Å². The average molecular weight is 567 g/mol. The summed E-state index contributed by atoms with van der Waals surface area (Å²) in [4.78, 5) is 46.7. The van der Waals surface area contributed by atoms with Crippen LogP contribution >= 0.6 is 0 Å². The van der Waals surface area contributed by atoms with Gasteiger partial charge in [0.2, 0.25) is 11.5 Å². The number of nitro groups is 2. The van der Waals surface area contributed by atoms with Crippen LogP contribution in [0, 0.1) is 34.1 Å². The van der Waals surface area contributed by atoms with E-state index in [1.807, 2.05) is 0 Å². The molecule has 4 aromatic carbocycles. The van der Waals surface area contributed by atoms with Crippen LogP contribution in [0.4, 0.5) is 11.4 Å². The SMILES string of the molecule is Cc1cccc(C(=O)Oc2ccc(C=NN=Cc3ccc(OC(=O)c4cccc(C)c4)c([N+](=O)[O-])c3)cc2[N+](=O)[O-])c1. The third-order valence-electron chi connectivity index (χ3n) is 5.75. The minimum atomic E-state index is -0.738. The molecule has 210 valence electrons. The van der Waals surface area contributed by atoms with Crippen LogP contribution in [0.1, 0.15) is 43.0 Å². The number of ether oxygens (including phenoxy) is 2. The van der Waals surface area contributed by atoms with Gasteiger partial charge >= 0.3 is 23.3 Å². The van der Waals surface area contributed by atoms with E-state index in [-0.39, 0.29) is 22.6 Å². The van der Waals surface area contributed by atoms with Crippen molar-refractivity contribution in [3.63, 3.8) is 0 Å².